The first-order valence-electron chi connectivity index (χ1n) is 8.87. The molecule has 7 heteroatoms. The molecule has 2 atom stereocenters. The van der Waals surface area contributed by atoms with Gasteiger partial charge in [-0.1, -0.05) is 37.7 Å². The number of nitrogens with one attached hydrogen (secondary N) is 1. The van der Waals surface area contributed by atoms with E-state index in [4.69, 9.17) is 4.74 Å². The van der Waals surface area contributed by atoms with E-state index >= 15 is 0 Å². The molecule has 1 aromatic heterocycles. The molecule has 0 saturated carbocycles. The highest BCUT2D eigenvalue weighted by Crippen LogP contribution is 2.42. The van der Waals surface area contributed by atoms with E-state index in [0.29, 0.717) is 18.3 Å². The number of allylic oxidation sites excluding steroid dienone is 2. The summed E-state index contributed by atoms with van der Waals surface area (Å²) in [5.74, 6) is 2.94. The number of hydrogen-bond donors (Lipinski definition) is 1. The molecule has 2 aliphatic rings. The van der Waals surface area contributed by atoms with Crippen LogP contribution in [0.1, 0.15) is 38.3 Å². The number of carbonyl (C=O) groups excluding carboxylic acids is 1. The number of nitrogens with zero attached hydrogens (tertiary/aromatic N) is 3. The molecular weight excluding hydrogens is 348 g/mol. The second-order valence-corrected chi connectivity index (χ2v) is 7.96. The average Bonchev–Trinajstić information content (AvgIpc) is 3.02. The topological polar surface area (TPSA) is 69.0 Å². The largest absolute Gasteiger partial charge is 0.497 e. The van der Waals surface area contributed by atoms with Crippen LogP contribution in [0.15, 0.2) is 40.7 Å². The summed E-state index contributed by atoms with van der Waals surface area (Å²) >= 11 is 1.60. The average molecular weight is 370 g/mol. The maximum absolute atomic E-state index is 12.9. The van der Waals surface area contributed by atoms with E-state index in [2.05, 4.69) is 29.2 Å². The minimum atomic E-state index is -0.245. The van der Waals surface area contributed by atoms with Crippen molar-refractivity contribution in [3.8, 4) is 5.75 Å². The quantitative estimate of drug-likeness (QED) is 0.828. The number of Topliss-reactive ketones (excluding diaryl/α,β-unsaturated/α-hetero) is 1. The standard InChI is InChI=1S/C19H22N4O2S/c1-4-26-19-21-18-20-14-9-11(2)10-15(24)16(14)17(23(18)22-19)12-5-7-13(25-3)8-6-12/h5-8,11,17H,4,9-10H2,1-3H3,(H,20,21,22)/t11-,17-/m1/s1. The molecule has 0 spiro atoms. The van der Waals surface area contributed by atoms with Crippen LogP contribution in [-0.2, 0) is 4.79 Å². The van der Waals surface area contributed by atoms with Crippen molar-refractivity contribution >= 4 is 23.5 Å². The monoisotopic (exact) mass is 370 g/mol. The molecule has 6 nitrogen and oxygen atoms in total. The van der Waals surface area contributed by atoms with Gasteiger partial charge < -0.3 is 10.1 Å². The van der Waals surface area contributed by atoms with Gasteiger partial charge in [0.05, 0.1) is 7.11 Å². The lowest BCUT2D eigenvalue weighted by atomic mass is 9.81. The number of fused-ring (bicyclic) bond motifs is 1. The zero-order chi connectivity index (χ0) is 18.3. The van der Waals surface area contributed by atoms with Crippen molar-refractivity contribution < 1.29 is 9.53 Å². The first-order chi connectivity index (χ1) is 12.6. The number of carbonyl (C=O) groups is 1. The Hall–Kier alpha value is -2.28. The molecule has 2 heterocycles. The van der Waals surface area contributed by atoms with Crippen LogP contribution in [0.3, 0.4) is 0 Å². The number of hydrogen-bond acceptors (Lipinski definition) is 6. The molecule has 136 valence electrons. The highest BCUT2D eigenvalue weighted by molar-refractivity contribution is 7.99. The van der Waals surface area contributed by atoms with Gasteiger partial charge in [-0.25, -0.2) is 4.68 Å². The summed E-state index contributed by atoms with van der Waals surface area (Å²) in [4.78, 5) is 17.5. The summed E-state index contributed by atoms with van der Waals surface area (Å²) in [5.41, 5.74) is 2.82. The normalized spacial score (nSPS) is 21.9. The molecular formula is C19H22N4O2S. The second-order valence-electron chi connectivity index (χ2n) is 6.73. The van der Waals surface area contributed by atoms with E-state index in [1.165, 1.54) is 0 Å². The van der Waals surface area contributed by atoms with Gasteiger partial charge in [-0.15, -0.1) is 5.10 Å². The van der Waals surface area contributed by atoms with E-state index in [9.17, 15) is 4.79 Å². The summed E-state index contributed by atoms with van der Waals surface area (Å²) < 4.78 is 7.13. The Balaban J connectivity index is 1.84. The highest BCUT2D eigenvalue weighted by Gasteiger charge is 2.38. The molecule has 0 amide bonds. The summed E-state index contributed by atoms with van der Waals surface area (Å²) in [6.07, 6.45) is 1.44. The minimum absolute atomic E-state index is 0.193. The predicted molar refractivity (Wildman–Crippen MR) is 102 cm³/mol. The molecule has 1 aromatic carbocycles. The van der Waals surface area contributed by atoms with Crippen molar-refractivity contribution in [2.24, 2.45) is 5.92 Å². The molecule has 0 bridgehead atoms. The fraction of sp³-hybridized carbons (Fsp3) is 0.421. The van der Waals surface area contributed by atoms with Gasteiger partial charge in [0.1, 0.15) is 11.8 Å². The van der Waals surface area contributed by atoms with Crippen LogP contribution in [0.5, 0.6) is 5.75 Å². The van der Waals surface area contributed by atoms with Gasteiger partial charge in [0, 0.05) is 17.7 Å². The van der Waals surface area contributed by atoms with E-state index < -0.39 is 0 Å². The van der Waals surface area contributed by atoms with Crippen molar-refractivity contribution in [2.45, 2.75) is 37.9 Å². The minimum Gasteiger partial charge on any atom is -0.497 e. The molecule has 1 aliphatic carbocycles. The molecule has 1 aliphatic heterocycles. The molecule has 0 unspecified atom stereocenters. The summed E-state index contributed by atoms with van der Waals surface area (Å²) in [5, 5.41) is 8.78. The van der Waals surface area contributed by atoms with Crippen LogP contribution in [0, 0.1) is 5.92 Å². The van der Waals surface area contributed by atoms with Crippen LogP contribution >= 0.6 is 11.8 Å². The number of ketones is 1. The first-order valence-corrected chi connectivity index (χ1v) is 9.85. The van der Waals surface area contributed by atoms with Gasteiger partial charge in [-0.3, -0.25) is 4.79 Å². The Bertz CT molecular complexity index is 872. The SMILES string of the molecule is CCSc1nc2n(n1)[C@H](c1ccc(OC)cc1)C1=C(C[C@@H](C)CC1=O)N2. The van der Waals surface area contributed by atoms with Crippen molar-refractivity contribution in [3.05, 3.63) is 41.1 Å². The van der Waals surface area contributed by atoms with Gasteiger partial charge in [0.2, 0.25) is 11.1 Å². The van der Waals surface area contributed by atoms with Gasteiger partial charge >= 0.3 is 0 Å². The maximum atomic E-state index is 12.9. The number of ether oxygens (including phenoxy) is 1. The van der Waals surface area contributed by atoms with E-state index in [0.717, 1.165) is 39.9 Å². The first kappa shape index (κ1) is 17.1. The predicted octanol–water partition coefficient (Wildman–Crippen LogP) is 3.67. The van der Waals surface area contributed by atoms with Crippen LogP contribution in [-0.4, -0.2) is 33.4 Å². The van der Waals surface area contributed by atoms with Crippen LogP contribution in [0.2, 0.25) is 0 Å². The molecule has 26 heavy (non-hydrogen) atoms. The fourth-order valence-corrected chi connectivity index (χ4v) is 4.23. The number of rotatable bonds is 4. The van der Waals surface area contributed by atoms with Crippen molar-refractivity contribution in [1.29, 1.82) is 0 Å². The number of methoxy groups -OCH3 is 1. The Labute approximate surface area is 157 Å². The van der Waals surface area contributed by atoms with Crippen molar-refractivity contribution in [2.75, 3.05) is 18.2 Å². The Morgan fingerprint density at radius 3 is 2.77 bits per heavy atom. The van der Waals surface area contributed by atoms with Crippen LogP contribution in [0.25, 0.3) is 0 Å². The molecule has 4 rings (SSSR count). The lowest BCUT2D eigenvalue weighted by Gasteiger charge is -2.34. The van der Waals surface area contributed by atoms with Crippen LogP contribution in [0.4, 0.5) is 5.95 Å². The Morgan fingerprint density at radius 1 is 1.31 bits per heavy atom. The smallest absolute Gasteiger partial charge is 0.227 e. The zero-order valence-corrected chi connectivity index (χ0v) is 16.0. The number of benzene rings is 1. The Kier molecular flexibility index (Phi) is 4.48. The van der Waals surface area contributed by atoms with Crippen molar-refractivity contribution in [3.63, 3.8) is 0 Å². The van der Waals surface area contributed by atoms with E-state index in [1.807, 2.05) is 28.9 Å². The summed E-state index contributed by atoms with van der Waals surface area (Å²) in [6, 6.07) is 7.61. The van der Waals surface area contributed by atoms with Crippen LogP contribution < -0.4 is 10.1 Å². The lowest BCUT2D eigenvalue weighted by molar-refractivity contribution is -0.117. The summed E-state index contributed by atoms with van der Waals surface area (Å²) in [6.45, 7) is 4.19. The fourth-order valence-electron chi connectivity index (χ4n) is 3.67. The third kappa shape index (κ3) is 2.90. The van der Waals surface area contributed by atoms with Crippen molar-refractivity contribution in [1.82, 2.24) is 14.8 Å². The molecule has 0 saturated heterocycles. The van der Waals surface area contributed by atoms with E-state index in [1.54, 1.807) is 18.9 Å². The third-order valence-corrected chi connectivity index (χ3v) is 5.53. The third-order valence-electron chi connectivity index (χ3n) is 4.81. The van der Waals surface area contributed by atoms with Gasteiger partial charge in [0.25, 0.3) is 0 Å². The number of thioether (sulfide) groups is 1. The highest BCUT2D eigenvalue weighted by atomic mass is 32.2. The molecule has 0 radical (unpaired) electrons. The van der Waals surface area contributed by atoms with Gasteiger partial charge in [0.15, 0.2) is 5.78 Å². The van der Waals surface area contributed by atoms with Gasteiger partial charge in [-0.2, -0.15) is 4.98 Å². The number of aromatic nitrogens is 3. The second kappa shape index (κ2) is 6.79. The maximum Gasteiger partial charge on any atom is 0.227 e. The molecule has 2 aromatic rings. The summed E-state index contributed by atoms with van der Waals surface area (Å²) in [7, 11) is 1.65. The molecule has 1 N–H and O–H groups in total. The lowest BCUT2D eigenvalue weighted by Crippen LogP contribution is -2.33. The number of anilines is 1. The van der Waals surface area contributed by atoms with E-state index in [-0.39, 0.29) is 11.8 Å². The Morgan fingerprint density at radius 2 is 2.08 bits per heavy atom. The molecule has 0 fully saturated rings. The zero-order valence-electron chi connectivity index (χ0n) is 15.2. The van der Waals surface area contributed by atoms with Gasteiger partial charge in [-0.05, 0) is 35.8 Å².